The summed E-state index contributed by atoms with van der Waals surface area (Å²) in [5, 5.41) is 13.6. The van der Waals surface area contributed by atoms with E-state index in [1.807, 2.05) is 0 Å². The Balaban J connectivity index is 2.02. The fraction of sp³-hybridized carbons (Fsp3) is 0.500. The molecule has 0 radical (unpaired) electrons. The molecular weight excluding hydrogens is 236 g/mol. The van der Waals surface area contributed by atoms with Crippen molar-refractivity contribution in [2.75, 3.05) is 19.7 Å². The second-order valence-corrected chi connectivity index (χ2v) is 5.74. The van der Waals surface area contributed by atoms with Crippen LogP contribution in [0, 0.1) is 0 Å². The van der Waals surface area contributed by atoms with Crippen LogP contribution in [0.25, 0.3) is 10.9 Å². The predicted octanol–water partition coefficient (Wildman–Crippen LogP) is 2.81. The topological polar surface area (TPSA) is 48.0 Å². The maximum atomic E-state index is 8.76. The number of fused-ring (bicyclic) bond motifs is 1. The molecule has 0 saturated heterocycles. The second-order valence-electron chi connectivity index (χ2n) is 5.74. The largest absolute Gasteiger partial charge is 0.396 e. The number of aromatic amines is 1. The van der Waals surface area contributed by atoms with E-state index in [1.54, 1.807) is 0 Å². The molecule has 0 fully saturated rings. The average Bonchev–Trinajstić information content (AvgIpc) is 2.83. The van der Waals surface area contributed by atoms with Crippen LogP contribution in [0.1, 0.15) is 32.3 Å². The Kier molecular flexibility index (Phi) is 4.61. The van der Waals surface area contributed by atoms with E-state index >= 15 is 0 Å². The van der Waals surface area contributed by atoms with Crippen molar-refractivity contribution in [2.45, 2.75) is 32.1 Å². The lowest BCUT2D eigenvalue weighted by Gasteiger charge is -2.25. The summed E-state index contributed by atoms with van der Waals surface area (Å²) in [5.41, 5.74) is 2.65. The Morgan fingerprint density at radius 2 is 2.00 bits per heavy atom. The molecule has 1 aromatic carbocycles. The van der Waals surface area contributed by atoms with E-state index in [4.69, 9.17) is 5.11 Å². The Hall–Kier alpha value is -1.32. The summed E-state index contributed by atoms with van der Waals surface area (Å²) in [5.74, 6) is 0. The smallest absolute Gasteiger partial charge is 0.0457 e. The van der Waals surface area contributed by atoms with E-state index in [9.17, 15) is 0 Å². The minimum absolute atomic E-state index is 0.0960. The van der Waals surface area contributed by atoms with Crippen molar-refractivity contribution in [1.29, 1.82) is 0 Å². The number of para-hydroxylation sites is 1. The van der Waals surface area contributed by atoms with Gasteiger partial charge in [-0.1, -0.05) is 32.0 Å². The van der Waals surface area contributed by atoms with E-state index in [-0.39, 0.29) is 12.0 Å². The van der Waals surface area contributed by atoms with Gasteiger partial charge in [0.1, 0.15) is 0 Å². The van der Waals surface area contributed by atoms with Crippen LogP contribution in [-0.2, 0) is 5.41 Å². The van der Waals surface area contributed by atoms with Crippen molar-refractivity contribution in [3.05, 3.63) is 36.0 Å². The third kappa shape index (κ3) is 3.37. The molecule has 3 heteroatoms. The minimum Gasteiger partial charge on any atom is -0.396 e. The highest BCUT2D eigenvalue weighted by Gasteiger charge is 2.23. The van der Waals surface area contributed by atoms with Gasteiger partial charge in [-0.2, -0.15) is 0 Å². The van der Waals surface area contributed by atoms with Crippen LogP contribution in [0.3, 0.4) is 0 Å². The van der Waals surface area contributed by atoms with Crippen molar-refractivity contribution >= 4 is 10.9 Å². The van der Waals surface area contributed by atoms with Crippen LogP contribution in [0.15, 0.2) is 30.5 Å². The molecule has 19 heavy (non-hydrogen) atoms. The van der Waals surface area contributed by atoms with E-state index in [1.165, 1.54) is 16.5 Å². The number of H-pyrrole nitrogens is 1. The molecule has 0 aliphatic heterocycles. The quantitative estimate of drug-likeness (QED) is 0.670. The molecule has 1 aromatic heterocycles. The van der Waals surface area contributed by atoms with Crippen molar-refractivity contribution in [3.8, 4) is 0 Å². The molecule has 104 valence electrons. The van der Waals surface area contributed by atoms with Crippen molar-refractivity contribution in [1.82, 2.24) is 10.3 Å². The molecular formula is C16H24N2O. The van der Waals surface area contributed by atoms with Gasteiger partial charge in [0, 0.05) is 35.7 Å². The Morgan fingerprint density at radius 3 is 2.79 bits per heavy atom. The molecule has 3 N–H and O–H groups in total. The maximum Gasteiger partial charge on any atom is 0.0457 e. The lowest BCUT2D eigenvalue weighted by atomic mass is 9.84. The number of hydrogen-bond acceptors (Lipinski definition) is 2. The van der Waals surface area contributed by atoms with Crippen LogP contribution in [-0.4, -0.2) is 29.8 Å². The summed E-state index contributed by atoms with van der Waals surface area (Å²) in [6.07, 6.45) is 4.03. The van der Waals surface area contributed by atoms with Gasteiger partial charge in [0.2, 0.25) is 0 Å². The first-order valence-electron chi connectivity index (χ1n) is 7.03. The SMILES string of the molecule is CC(C)(CNCCCCO)c1c[nH]c2ccccc12. The fourth-order valence-electron chi connectivity index (χ4n) is 2.49. The van der Waals surface area contributed by atoms with Crippen LogP contribution in [0.2, 0.25) is 0 Å². The zero-order valence-electron chi connectivity index (χ0n) is 11.9. The predicted molar refractivity (Wildman–Crippen MR) is 80.5 cm³/mol. The summed E-state index contributed by atoms with van der Waals surface area (Å²) in [6, 6.07) is 8.44. The fourth-order valence-corrected chi connectivity index (χ4v) is 2.49. The molecule has 0 spiro atoms. The van der Waals surface area contributed by atoms with Gasteiger partial charge in [0.05, 0.1) is 0 Å². The van der Waals surface area contributed by atoms with Gasteiger partial charge in [0.15, 0.2) is 0 Å². The number of hydrogen-bond donors (Lipinski definition) is 3. The molecule has 3 nitrogen and oxygen atoms in total. The van der Waals surface area contributed by atoms with Crippen LogP contribution in [0.4, 0.5) is 0 Å². The molecule has 0 unspecified atom stereocenters. The number of rotatable bonds is 7. The monoisotopic (exact) mass is 260 g/mol. The summed E-state index contributed by atoms with van der Waals surface area (Å²) in [6.45, 7) is 6.73. The zero-order valence-corrected chi connectivity index (χ0v) is 11.9. The van der Waals surface area contributed by atoms with E-state index in [2.05, 4.69) is 54.6 Å². The first-order valence-corrected chi connectivity index (χ1v) is 7.03. The highest BCUT2D eigenvalue weighted by atomic mass is 16.2. The van der Waals surface area contributed by atoms with Gasteiger partial charge in [-0.3, -0.25) is 0 Å². The van der Waals surface area contributed by atoms with Crippen molar-refractivity contribution in [2.24, 2.45) is 0 Å². The number of aliphatic hydroxyl groups excluding tert-OH is 1. The number of unbranched alkanes of at least 4 members (excludes halogenated alkanes) is 1. The van der Waals surface area contributed by atoms with Crippen LogP contribution >= 0.6 is 0 Å². The summed E-state index contributed by atoms with van der Waals surface area (Å²) in [7, 11) is 0. The van der Waals surface area contributed by atoms with Gasteiger partial charge >= 0.3 is 0 Å². The van der Waals surface area contributed by atoms with Gasteiger partial charge in [-0.05, 0) is 31.0 Å². The average molecular weight is 260 g/mol. The van der Waals surface area contributed by atoms with Crippen LogP contribution in [0.5, 0.6) is 0 Å². The Labute approximate surface area is 115 Å². The first kappa shape index (κ1) is 14.1. The number of aromatic nitrogens is 1. The molecule has 0 bridgehead atoms. The van der Waals surface area contributed by atoms with Crippen molar-refractivity contribution < 1.29 is 5.11 Å². The molecule has 0 atom stereocenters. The van der Waals surface area contributed by atoms with Gasteiger partial charge in [-0.15, -0.1) is 0 Å². The molecule has 0 aliphatic carbocycles. The molecule has 0 amide bonds. The lowest BCUT2D eigenvalue weighted by Crippen LogP contribution is -2.33. The molecule has 1 heterocycles. The molecule has 0 saturated carbocycles. The van der Waals surface area contributed by atoms with Crippen molar-refractivity contribution in [3.63, 3.8) is 0 Å². The summed E-state index contributed by atoms with van der Waals surface area (Å²) < 4.78 is 0. The van der Waals surface area contributed by atoms with Gasteiger partial charge in [0.25, 0.3) is 0 Å². The highest BCUT2D eigenvalue weighted by molar-refractivity contribution is 5.84. The first-order chi connectivity index (χ1) is 9.15. The third-order valence-electron chi connectivity index (χ3n) is 3.65. The van der Waals surface area contributed by atoms with Crippen LogP contribution < -0.4 is 5.32 Å². The van der Waals surface area contributed by atoms with E-state index in [0.717, 1.165) is 25.9 Å². The summed E-state index contributed by atoms with van der Waals surface area (Å²) >= 11 is 0. The molecule has 0 aliphatic rings. The standard InChI is InChI=1S/C16H24N2O/c1-16(2,12-17-9-5-6-10-19)14-11-18-15-8-4-3-7-13(14)15/h3-4,7-8,11,17-19H,5-6,9-10,12H2,1-2H3. The highest BCUT2D eigenvalue weighted by Crippen LogP contribution is 2.29. The number of benzene rings is 1. The Bertz CT molecular complexity index is 516. The maximum absolute atomic E-state index is 8.76. The molecule has 2 aromatic rings. The van der Waals surface area contributed by atoms with Gasteiger partial charge < -0.3 is 15.4 Å². The lowest BCUT2D eigenvalue weighted by molar-refractivity contribution is 0.283. The zero-order chi connectivity index (χ0) is 13.7. The summed E-state index contributed by atoms with van der Waals surface area (Å²) in [4.78, 5) is 3.34. The van der Waals surface area contributed by atoms with E-state index in [0.29, 0.717) is 0 Å². The minimum atomic E-state index is 0.0960. The second kappa shape index (κ2) is 6.22. The van der Waals surface area contributed by atoms with E-state index < -0.39 is 0 Å². The number of aliphatic hydroxyl groups is 1. The normalized spacial score (nSPS) is 12.2. The Morgan fingerprint density at radius 1 is 1.21 bits per heavy atom. The third-order valence-corrected chi connectivity index (χ3v) is 3.65. The molecule has 2 rings (SSSR count). The van der Waals surface area contributed by atoms with Gasteiger partial charge in [-0.25, -0.2) is 0 Å². The number of nitrogens with one attached hydrogen (secondary N) is 2.